The molecule has 0 N–H and O–H groups in total. The smallest absolute Gasteiger partial charge is 0.127 e. The maximum absolute atomic E-state index is 4.66. The molecule has 0 spiro atoms. The number of rotatable bonds is 3. The van der Waals surface area contributed by atoms with Gasteiger partial charge in [-0.1, -0.05) is 48.2 Å². The molecule has 0 atom stereocenters. The first kappa shape index (κ1) is 12.7. The topological polar surface area (TPSA) is 38.7 Å². The largest absolute Gasteiger partial charge is 0.240 e. The summed E-state index contributed by atoms with van der Waals surface area (Å²) in [6.07, 6.45) is 1.80. The van der Waals surface area contributed by atoms with Crippen molar-refractivity contribution in [2.24, 2.45) is 0 Å². The van der Waals surface area contributed by atoms with Gasteiger partial charge in [-0.15, -0.1) is 16.4 Å². The van der Waals surface area contributed by atoms with E-state index in [1.54, 1.807) is 29.3 Å². The third-order valence-electron chi connectivity index (χ3n) is 3.21. The number of nitrogens with zero attached hydrogens (tertiary/aromatic N) is 3. The Morgan fingerprint density at radius 1 is 1.00 bits per heavy atom. The lowest BCUT2D eigenvalue weighted by atomic mass is 10.2. The molecule has 4 aromatic rings. The summed E-state index contributed by atoms with van der Waals surface area (Å²) in [5, 5.41) is 12.7. The van der Waals surface area contributed by atoms with Crippen molar-refractivity contribution in [2.45, 2.75) is 10.8 Å². The molecule has 0 aliphatic rings. The summed E-state index contributed by atoms with van der Waals surface area (Å²) in [5.41, 5.74) is 1.07. The van der Waals surface area contributed by atoms with Gasteiger partial charge in [-0.2, -0.15) is 5.10 Å². The summed E-state index contributed by atoms with van der Waals surface area (Å²) in [5.74, 6) is 0.821. The van der Waals surface area contributed by atoms with Gasteiger partial charge in [0.25, 0.3) is 0 Å². The van der Waals surface area contributed by atoms with E-state index < -0.39 is 0 Å². The maximum Gasteiger partial charge on any atom is 0.127 e. The second-order valence-electron chi connectivity index (χ2n) is 4.60. The second kappa shape index (κ2) is 5.42. The van der Waals surface area contributed by atoms with Gasteiger partial charge in [0, 0.05) is 10.8 Å². The van der Waals surface area contributed by atoms with Gasteiger partial charge in [-0.3, -0.25) is 0 Å². The maximum atomic E-state index is 4.66. The van der Waals surface area contributed by atoms with Gasteiger partial charge in [-0.05, 0) is 12.1 Å². The van der Waals surface area contributed by atoms with Gasteiger partial charge >= 0.3 is 0 Å². The van der Waals surface area contributed by atoms with Crippen molar-refractivity contribution in [3.05, 3.63) is 59.7 Å². The first-order valence-electron chi connectivity index (χ1n) is 6.58. The van der Waals surface area contributed by atoms with Crippen LogP contribution in [0.5, 0.6) is 0 Å². The Balaban J connectivity index is 1.63. The Hall–Kier alpha value is -1.98. The van der Waals surface area contributed by atoms with E-state index in [1.165, 1.54) is 4.70 Å². The minimum atomic E-state index is 0.821. The van der Waals surface area contributed by atoms with Crippen LogP contribution in [0.1, 0.15) is 5.01 Å². The zero-order chi connectivity index (χ0) is 14.1. The van der Waals surface area contributed by atoms with Crippen molar-refractivity contribution in [3.8, 4) is 0 Å². The number of aromatic nitrogens is 3. The van der Waals surface area contributed by atoms with Crippen LogP contribution in [-0.2, 0) is 5.75 Å². The molecule has 0 bridgehead atoms. The second-order valence-corrected chi connectivity index (χ2v) is 6.68. The molecule has 4 rings (SSSR count). The molecule has 0 aliphatic carbocycles. The number of benzene rings is 2. The fourth-order valence-electron chi connectivity index (χ4n) is 2.22. The zero-order valence-corrected chi connectivity index (χ0v) is 12.7. The van der Waals surface area contributed by atoms with Crippen LogP contribution in [0.2, 0.25) is 0 Å². The number of thiazole rings is 1. The van der Waals surface area contributed by atoms with Crippen LogP contribution in [0.15, 0.2) is 59.8 Å². The van der Waals surface area contributed by atoms with E-state index in [4.69, 9.17) is 0 Å². The summed E-state index contributed by atoms with van der Waals surface area (Å²) in [4.78, 5) is 4.66. The predicted molar refractivity (Wildman–Crippen MR) is 88.7 cm³/mol. The molecule has 0 saturated heterocycles. The van der Waals surface area contributed by atoms with Crippen molar-refractivity contribution in [2.75, 3.05) is 0 Å². The molecular formula is C16H11N3S2. The Bertz CT molecular complexity index is 879. The van der Waals surface area contributed by atoms with Gasteiger partial charge in [0.15, 0.2) is 0 Å². The molecule has 0 fully saturated rings. The average molecular weight is 309 g/mol. The lowest BCUT2D eigenvalue weighted by molar-refractivity contribution is 0.955. The highest BCUT2D eigenvalue weighted by atomic mass is 32.2. The molecule has 2 aromatic heterocycles. The number of hydrogen-bond donors (Lipinski definition) is 0. The van der Waals surface area contributed by atoms with Crippen LogP contribution in [-0.4, -0.2) is 15.2 Å². The Kier molecular flexibility index (Phi) is 3.29. The van der Waals surface area contributed by atoms with Crippen molar-refractivity contribution in [1.82, 2.24) is 15.2 Å². The van der Waals surface area contributed by atoms with Crippen LogP contribution < -0.4 is 0 Å². The molecule has 5 heteroatoms. The Morgan fingerprint density at radius 3 is 2.81 bits per heavy atom. The fourth-order valence-corrected chi connectivity index (χ4v) is 4.17. The van der Waals surface area contributed by atoms with Crippen molar-refractivity contribution in [1.29, 1.82) is 0 Å². The van der Waals surface area contributed by atoms with E-state index >= 15 is 0 Å². The van der Waals surface area contributed by atoms with Crippen LogP contribution in [0.4, 0.5) is 0 Å². The lowest BCUT2D eigenvalue weighted by Gasteiger charge is -2.02. The molecule has 3 nitrogen and oxygen atoms in total. The standard InChI is InChI=1S/C16H11N3S2/c1-2-6-12-11(5-1)9-17-19-16(12)20-10-15-18-13-7-3-4-8-14(13)21-15/h1-9H,10H2. The van der Waals surface area contributed by atoms with Gasteiger partial charge in [0.05, 0.1) is 22.2 Å². The minimum absolute atomic E-state index is 0.821. The van der Waals surface area contributed by atoms with Crippen molar-refractivity contribution >= 4 is 44.1 Å². The molecule has 0 unspecified atom stereocenters. The van der Waals surface area contributed by atoms with E-state index in [2.05, 4.69) is 39.4 Å². The summed E-state index contributed by atoms with van der Waals surface area (Å²) >= 11 is 3.43. The molecule has 2 heterocycles. The first-order chi connectivity index (χ1) is 10.4. The quantitative estimate of drug-likeness (QED) is 0.521. The van der Waals surface area contributed by atoms with E-state index in [1.807, 2.05) is 24.3 Å². The number of hydrogen-bond acceptors (Lipinski definition) is 5. The van der Waals surface area contributed by atoms with Crippen molar-refractivity contribution in [3.63, 3.8) is 0 Å². The van der Waals surface area contributed by atoms with E-state index in [-0.39, 0.29) is 0 Å². The fraction of sp³-hybridized carbons (Fsp3) is 0.0625. The highest BCUT2D eigenvalue weighted by Gasteiger charge is 2.07. The lowest BCUT2D eigenvalue weighted by Crippen LogP contribution is -1.88. The van der Waals surface area contributed by atoms with E-state index in [0.29, 0.717) is 0 Å². The SMILES string of the molecule is c1ccc2c(SCc3nc4ccccc4s3)nncc2c1. The van der Waals surface area contributed by atoms with Gasteiger partial charge in [0.2, 0.25) is 0 Å². The summed E-state index contributed by atoms with van der Waals surface area (Å²) in [6, 6.07) is 16.4. The molecule has 0 saturated carbocycles. The van der Waals surface area contributed by atoms with Crippen LogP contribution in [0, 0.1) is 0 Å². The summed E-state index contributed by atoms with van der Waals surface area (Å²) in [7, 11) is 0. The zero-order valence-electron chi connectivity index (χ0n) is 11.1. The summed E-state index contributed by atoms with van der Waals surface area (Å²) in [6.45, 7) is 0. The highest BCUT2D eigenvalue weighted by molar-refractivity contribution is 7.98. The monoisotopic (exact) mass is 309 g/mol. The summed E-state index contributed by atoms with van der Waals surface area (Å²) < 4.78 is 1.23. The van der Waals surface area contributed by atoms with Crippen LogP contribution in [0.3, 0.4) is 0 Å². The van der Waals surface area contributed by atoms with Gasteiger partial charge in [-0.25, -0.2) is 4.98 Å². The van der Waals surface area contributed by atoms with Gasteiger partial charge < -0.3 is 0 Å². The molecule has 102 valence electrons. The van der Waals surface area contributed by atoms with E-state index in [9.17, 15) is 0 Å². The molecule has 2 aromatic carbocycles. The highest BCUT2D eigenvalue weighted by Crippen LogP contribution is 2.30. The normalized spacial score (nSPS) is 11.2. The molecule has 0 amide bonds. The number of para-hydroxylation sites is 1. The van der Waals surface area contributed by atoms with Gasteiger partial charge in [0.1, 0.15) is 10.0 Å². The van der Waals surface area contributed by atoms with Crippen LogP contribution >= 0.6 is 23.1 Å². The third-order valence-corrected chi connectivity index (χ3v) is 5.42. The first-order valence-corrected chi connectivity index (χ1v) is 8.38. The molecular weight excluding hydrogens is 298 g/mol. The average Bonchev–Trinajstić information content (AvgIpc) is 2.96. The minimum Gasteiger partial charge on any atom is -0.240 e. The number of fused-ring (bicyclic) bond motifs is 2. The molecule has 21 heavy (non-hydrogen) atoms. The third kappa shape index (κ3) is 2.50. The predicted octanol–water partition coefficient (Wildman–Crippen LogP) is 4.53. The molecule has 0 radical (unpaired) electrons. The van der Waals surface area contributed by atoms with Crippen molar-refractivity contribution < 1.29 is 0 Å². The van der Waals surface area contributed by atoms with E-state index in [0.717, 1.165) is 32.1 Å². The Labute approximate surface area is 130 Å². The van der Waals surface area contributed by atoms with Crippen LogP contribution in [0.25, 0.3) is 21.0 Å². The molecule has 0 aliphatic heterocycles. The Morgan fingerprint density at radius 2 is 1.86 bits per heavy atom. The number of thioether (sulfide) groups is 1.